The first-order valence-electron chi connectivity index (χ1n) is 11.1. The van der Waals surface area contributed by atoms with Crippen LogP contribution < -0.4 is 16.2 Å². The number of benzene rings is 1. The Morgan fingerprint density at radius 2 is 1.74 bits per heavy atom. The van der Waals surface area contributed by atoms with Gasteiger partial charge < -0.3 is 10.6 Å². The first-order valence-corrected chi connectivity index (χ1v) is 12.4. The van der Waals surface area contributed by atoms with Gasteiger partial charge in [-0.1, -0.05) is 17.8 Å². The molecular formula is C24H23F4N7O2S. The number of anilines is 2. The fraction of sp³-hybridized carbons (Fsp3) is 0.292. The van der Waals surface area contributed by atoms with Gasteiger partial charge in [-0.25, -0.2) is 19.2 Å². The van der Waals surface area contributed by atoms with Crippen molar-refractivity contribution in [1.29, 1.82) is 0 Å². The standard InChI is InChI=1S/C24H23F4N7O2S/c1-23(2,3)35-18(24(26,27)28)17(11-30-35)32-21(37)31-16-9-12(6-7-15(16)25)14-8-13-10-29-22(38-5)33-19(13)34(4)20(14)36/h6-11H,1-5H3,(H2,31,32,37). The lowest BCUT2D eigenvalue weighted by molar-refractivity contribution is -0.145. The summed E-state index contributed by atoms with van der Waals surface area (Å²) in [5.41, 5.74) is -2.65. The Labute approximate surface area is 218 Å². The summed E-state index contributed by atoms with van der Waals surface area (Å²) in [5.74, 6) is -0.851. The molecule has 2 N–H and O–H groups in total. The molecule has 9 nitrogen and oxygen atoms in total. The third-order valence-electron chi connectivity index (χ3n) is 5.56. The van der Waals surface area contributed by atoms with E-state index in [-0.39, 0.29) is 16.8 Å². The molecule has 14 heteroatoms. The maximum atomic E-state index is 14.6. The molecule has 2 amide bonds. The smallest absolute Gasteiger partial charge is 0.305 e. The Hall–Kier alpha value is -3.94. The minimum absolute atomic E-state index is 0.190. The molecular weight excluding hydrogens is 526 g/mol. The molecule has 0 saturated carbocycles. The van der Waals surface area contributed by atoms with Crippen molar-refractivity contribution in [3.63, 3.8) is 0 Å². The molecule has 0 aliphatic carbocycles. The summed E-state index contributed by atoms with van der Waals surface area (Å²) in [6.07, 6.45) is -0.571. The zero-order chi connectivity index (χ0) is 28.0. The van der Waals surface area contributed by atoms with Gasteiger partial charge >= 0.3 is 12.2 Å². The summed E-state index contributed by atoms with van der Waals surface area (Å²) in [6.45, 7) is 4.60. The van der Waals surface area contributed by atoms with Crippen molar-refractivity contribution in [2.24, 2.45) is 7.05 Å². The Morgan fingerprint density at radius 3 is 2.37 bits per heavy atom. The first-order chi connectivity index (χ1) is 17.7. The molecule has 0 fully saturated rings. The molecule has 4 rings (SSSR count). The van der Waals surface area contributed by atoms with Crippen LogP contribution in [0.1, 0.15) is 26.5 Å². The van der Waals surface area contributed by atoms with E-state index in [0.29, 0.717) is 16.2 Å². The number of urea groups is 1. The lowest BCUT2D eigenvalue weighted by Gasteiger charge is -2.24. The first kappa shape index (κ1) is 27.1. The molecule has 0 radical (unpaired) electrons. The molecule has 4 aromatic rings. The highest BCUT2D eigenvalue weighted by Crippen LogP contribution is 2.37. The van der Waals surface area contributed by atoms with Gasteiger partial charge in [0.2, 0.25) is 0 Å². The van der Waals surface area contributed by atoms with E-state index in [4.69, 9.17) is 0 Å². The number of carbonyl (C=O) groups excluding carboxylic acids is 1. The number of hydrogen-bond donors (Lipinski definition) is 2. The Kier molecular flexibility index (Phi) is 6.95. The monoisotopic (exact) mass is 549 g/mol. The Morgan fingerprint density at radius 1 is 1.05 bits per heavy atom. The van der Waals surface area contributed by atoms with E-state index >= 15 is 0 Å². The quantitative estimate of drug-likeness (QED) is 0.199. The number of nitrogens with zero attached hydrogens (tertiary/aromatic N) is 5. The van der Waals surface area contributed by atoms with Gasteiger partial charge in [-0.3, -0.25) is 14.0 Å². The van der Waals surface area contributed by atoms with Gasteiger partial charge in [0, 0.05) is 24.2 Å². The molecule has 0 unspecified atom stereocenters. The fourth-order valence-corrected chi connectivity index (χ4v) is 4.16. The molecule has 1 aromatic carbocycles. The maximum absolute atomic E-state index is 14.6. The number of hydrogen-bond acceptors (Lipinski definition) is 6. The van der Waals surface area contributed by atoms with Crippen LogP contribution in [0.4, 0.5) is 33.7 Å². The highest BCUT2D eigenvalue weighted by molar-refractivity contribution is 7.98. The van der Waals surface area contributed by atoms with Gasteiger partial charge in [0.1, 0.15) is 11.5 Å². The van der Waals surface area contributed by atoms with Gasteiger partial charge in [-0.05, 0) is 50.8 Å². The number of nitrogens with one attached hydrogen (secondary N) is 2. The third-order valence-corrected chi connectivity index (χ3v) is 6.12. The average Bonchev–Trinajstić information content (AvgIpc) is 3.27. The second-order valence-electron chi connectivity index (χ2n) is 9.32. The minimum atomic E-state index is -4.81. The topological polar surface area (TPSA) is 107 Å². The number of rotatable bonds is 4. The van der Waals surface area contributed by atoms with Crippen LogP contribution in [0.2, 0.25) is 0 Å². The number of alkyl halides is 3. The highest BCUT2D eigenvalue weighted by Gasteiger charge is 2.41. The second kappa shape index (κ2) is 9.74. The van der Waals surface area contributed by atoms with E-state index in [1.807, 2.05) is 0 Å². The molecule has 0 bridgehead atoms. The molecule has 0 atom stereocenters. The van der Waals surface area contributed by atoms with Crippen molar-refractivity contribution in [3.8, 4) is 11.1 Å². The SMILES string of the molecule is CSc1ncc2cc(-c3ccc(F)c(NC(=O)Nc4cnn(C(C)(C)C)c4C(F)(F)F)c3)c(=O)n(C)c2n1. The Bertz CT molecular complexity index is 1610. The van der Waals surface area contributed by atoms with Crippen LogP contribution in [-0.4, -0.2) is 36.6 Å². The zero-order valence-corrected chi connectivity index (χ0v) is 21.8. The zero-order valence-electron chi connectivity index (χ0n) is 20.9. The van der Waals surface area contributed by atoms with E-state index in [2.05, 4.69) is 25.7 Å². The molecule has 3 heterocycles. The normalized spacial score (nSPS) is 12.1. The number of halogens is 4. The van der Waals surface area contributed by atoms with Crippen LogP contribution in [-0.2, 0) is 18.8 Å². The summed E-state index contributed by atoms with van der Waals surface area (Å²) < 4.78 is 57.9. The predicted octanol–water partition coefficient (Wildman–Crippen LogP) is 5.47. The van der Waals surface area contributed by atoms with E-state index in [1.165, 1.54) is 56.3 Å². The van der Waals surface area contributed by atoms with Crippen molar-refractivity contribution in [1.82, 2.24) is 24.3 Å². The van der Waals surface area contributed by atoms with Crippen LogP contribution >= 0.6 is 11.8 Å². The molecule has 3 aromatic heterocycles. The van der Waals surface area contributed by atoms with E-state index < -0.39 is 40.5 Å². The largest absolute Gasteiger partial charge is 0.435 e. The number of aryl methyl sites for hydroxylation is 1. The highest BCUT2D eigenvalue weighted by atomic mass is 32.2. The third kappa shape index (κ3) is 5.21. The predicted molar refractivity (Wildman–Crippen MR) is 137 cm³/mol. The van der Waals surface area contributed by atoms with Crippen LogP contribution in [0, 0.1) is 5.82 Å². The van der Waals surface area contributed by atoms with Crippen LogP contribution in [0.25, 0.3) is 22.2 Å². The molecule has 0 aliphatic heterocycles. The number of thioether (sulfide) groups is 1. The van der Waals surface area contributed by atoms with E-state index in [1.54, 1.807) is 18.5 Å². The maximum Gasteiger partial charge on any atom is 0.435 e. The molecule has 200 valence electrons. The summed E-state index contributed by atoms with van der Waals surface area (Å²) >= 11 is 1.32. The van der Waals surface area contributed by atoms with Gasteiger partial charge in [-0.15, -0.1) is 0 Å². The average molecular weight is 550 g/mol. The Balaban J connectivity index is 1.67. The summed E-state index contributed by atoms with van der Waals surface area (Å²) in [4.78, 5) is 34.2. The molecule has 0 saturated heterocycles. The molecule has 0 aliphatic rings. The lowest BCUT2D eigenvalue weighted by atomic mass is 10.1. The second-order valence-corrected chi connectivity index (χ2v) is 10.1. The van der Waals surface area contributed by atoms with Crippen molar-refractivity contribution in [3.05, 3.63) is 58.5 Å². The van der Waals surface area contributed by atoms with Gasteiger partial charge in [0.05, 0.1) is 23.1 Å². The van der Waals surface area contributed by atoms with Crippen molar-refractivity contribution in [2.45, 2.75) is 37.6 Å². The number of pyridine rings is 1. The number of aromatic nitrogens is 5. The summed E-state index contributed by atoms with van der Waals surface area (Å²) in [7, 11) is 1.54. The van der Waals surface area contributed by atoms with Crippen molar-refractivity contribution >= 4 is 40.2 Å². The summed E-state index contributed by atoms with van der Waals surface area (Å²) in [5, 5.41) is 9.13. The number of fused-ring (bicyclic) bond motifs is 1. The van der Waals surface area contributed by atoms with Gasteiger partial charge in [0.25, 0.3) is 5.56 Å². The number of amides is 2. The van der Waals surface area contributed by atoms with Crippen LogP contribution in [0.3, 0.4) is 0 Å². The fourth-order valence-electron chi connectivity index (χ4n) is 3.82. The minimum Gasteiger partial charge on any atom is -0.305 e. The molecule has 0 spiro atoms. The van der Waals surface area contributed by atoms with Crippen molar-refractivity contribution < 1.29 is 22.4 Å². The van der Waals surface area contributed by atoms with Crippen LogP contribution in [0.5, 0.6) is 0 Å². The lowest BCUT2D eigenvalue weighted by Crippen LogP contribution is -2.30. The summed E-state index contributed by atoms with van der Waals surface area (Å²) in [6, 6.07) is 4.05. The number of carbonyl (C=O) groups is 1. The van der Waals surface area contributed by atoms with E-state index in [0.717, 1.165) is 16.9 Å². The van der Waals surface area contributed by atoms with Crippen molar-refractivity contribution in [2.75, 3.05) is 16.9 Å². The van der Waals surface area contributed by atoms with E-state index in [9.17, 15) is 27.2 Å². The van der Waals surface area contributed by atoms with Gasteiger partial charge in [-0.2, -0.15) is 18.3 Å². The van der Waals surface area contributed by atoms with Gasteiger partial charge in [0.15, 0.2) is 10.9 Å². The van der Waals surface area contributed by atoms with Crippen LogP contribution in [0.15, 0.2) is 46.6 Å². The molecule has 38 heavy (non-hydrogen) atoms.